The van der Waals surface area contributed by atoms with Crippen molar-refractivity contribution in [1.29, 1.82) is 0 Å². The van der Waals surface area contributed by atoms with Crippen molar-refractivity contribution in [2.24, 2.45) is 0 Å². The van der Waals surface area contributed by atoms with Crippen molar-refractivity contribution in [3.63, 3.8) is 0 Å². The minimum atomic E-state index is -0.779. The van der Waals surface area contributed by atoms with Crippen LogP contribution in [0.5, 0.6) is 5.75 Å². The van der Waals surface area contributed by atoms with Gasteiger partial charge in [-0.05, 0) is 50.1 Å². The lowest BCUT2D eigenvalue weighted by Gasteiger charge is -2.07. The lowest BCUT2D eigenvalue weighted by Crippen LogP contribution is -2.21. The van der Waals surface area contributed by atoms with E-state index in [-0.39, 0.29) is 19.0 Å². The average Bonchev–Trinajstić information content (AvgIpc) is 3.41. The number of carbonyl (C=O) groups excluding carboxylic acids is 3. The van der Waals surface area contributed by atoms with E-state index in [4.69, 9.17) is 18.6 Å². The van der Waals surface area contributed by atoms with Crippen LogP contribution in [0.15, 0.2) is 46.9 Å². The summed E-state index contributed by atoms with van der Waals surface area (Å²) in [5.74, 6) is -0.779. The molecule has 33 heavy (non-hydrogen) atoms. The van der Waals surface area contributed by atoms with E-state index in [1.54, 1.807) is 13.0 Å². The Labute approximate surface area is 195 Å². The number of thiophene rings is 1. The molecular weight excluding hydrogens is 446 g/mol. The van der Waals surface area contributed by atoms with E-state index in [1.165, 1.54) is 17.4 Å². The Morgan fingerprint density at radius 1 is 1.00 bits per heavy atom. The minimum absolute atomic E-state index is 0.0399. The molecule has 8 nitrogen and oxygen atoms in total. The Balaban J connectivity index is 1.55. The fourth-order valence-corrected chi connectivity index (χ4v) is 4.19. The summed E-state index contributed by atoms with van der Waals surface area (Å²) in [6, 6.07) is 12.3. The van der Waals surface area contributed by atoms with Crippen LogP contribution in [0.25, 0.3) is 0 Å². The molecule has 3 aromatic rings. The summed E-state index contributed by atoms with van der Waals surface area (Å²) in [5.41, 5.74) is 1.10. The maximum atomic E-state index is 12.4. The van der Waals surface area contributed by atoms with Gasteiger partial charge in [-0.1, -0.05) is 25.1 Å². The fourth-order valence-electron chi connectivity index (χ4n) is 3.04. The average molecular weight is 472 g/mol. The molecule has 1 amide bonds. The number of aryl methyl sites for hydroxylation is 1. The zero-order valence-electron chi connectivity index (χ0n) is 18.6. The van der Waals surface area contributed by atoms with Crippen LogP contribution in [0, 0.1) is 6.92 Å². The van der Waals surface area contributed by atoms with Crippen molar-refractivity contribution < 1.29 is 33.0 Å². The summed E-state index contributed by atoms with van der Waals surface area (Å²) < 4.78 is 21.2. The quantitative estimate of drug-likeness (QED) is 0.425. The maximum absolute atomic E-state index is 12.4. The first-order chi connectivity index (χ1) is 15.9. The number of esters is 2. The zero-order chi connectivity index (χ0) is 23.8. The Hall–Kier alpha value is -3.59. The summed E-state index contributed by atoms with van der Waals surface area (Å²) in [5, 5.41) is 3.02. The highest BCUT2D eigenvalue weighted by atomic mass is 32.1. The molecule has 2 heterocycles. The zero-order valence-corrected chi connectivity index (χ0v) is 19.5. The number of nitrogens with one attached hydrogen (secondary N) is 1. The molecule has 174 valence electrons. The standard InChI is InChI=1S/C24H25NO7S/c1-4-19-15(3)21(24(28)29-5-2)22(33-19)25-20(26)14-31-23(27)18-12-11-17(32-18)13-30-16-9-7-6-8-10-16/h6-12H,4-5,13-14H2,1-3H3,(H,25,26). The highest BCUT2D eigenvalue weighted by Gasteiger charge is 2.23. The van der Waals surface area contributed by atoms with Gasteiger partial charge in [-0.15, -0.1) is 11.3 Å². The summed E-state index contributed by atoms with van der Waals surface area (Å²) in [4.78, 5) is 37.9. The first-order valence-electron chi connectivity index (χ1n) is 10.5. The van der Waals surface area contributed by atoms with Gasteiger partial charge in [0.1, 0.15) is 23.1 Å². The third-order valence-corrected chi connectivity index (χ3v) is 5.97. The topological polar surface area (TPSA) is 104 Å². The summed E-state index contributed by atoms with van der Waals surface area (Å²) in [7, 11) is 0. The van der Waals surface area contributed by atoms with Crippen molar-refractivity contribution in [2.75, 3.05) is 18.5 Å². The fraction of sp³-hybridized carbons (Fsp3) is 0.292. The van der Waals surface area contributed by atoms with E-state index in [0.29, 0.717) is 28.5 Å². The molecule has 0 radical (unpaired) electrons. The summed E-state index contributed by atoms with van der Waals surface area (Å²) in [6.07, 6.45) is 0.711. The molecule has 0 saturated carbocycles. The van der Waals surface area contributed by atoms with Crippen LogP contribution in [0.4, 0.5) is 5.00 Å². The van der Waals surface area contributed by atoms with Crippen LogP contribution >= 0.6 is 11.3 Å². The molecule has 0 aliphatic rings. The van der Waals surface area contributed by atoms with E-state index in [1.807, 2.05) is 44.2 Å². The smallest absolute Gasteiger partial charge is 0.374 e. The second-order valence-electron chi connectivity index (χ2n) is 6.92. The monoisotopic (exact) mass is 471 g/mol. The van der Waals surface area contributed by atoms with Crippen LogP contribution < -0.4 is 10.1 Å². The lowest BCUT2D eigenvalue weighted by molar-refractivity contribution is -0.119. The minimum Gasteiger partial charge on any atom is -0.486 e. The van der Waals surface area contributed by atoms with E-state index in [9.17, 15) is 14.4 Å². The number of benzene rings is 1. The predicted octanol–water partition coefficient (Wildman–Crippen LogP) is 4.76. The Kier molecular flexibility index (Phi) is 8.26. The Morgan fingerprint density at radius 3 is 2.45 bits per heavy atom. The molecular formula is C24H25NO7S. The van der Waals surface area contributed by atoms with Crippen LogP contribution in [0.3, 0.4) is 0 Å². The SMILES string of the molecule is CCOC(=O)c1c(NC(=O)COC(=O)c2ccc(COc3ccccc3)o2)sc(CC)c1C. The second kappa shape index (κ2) is 11.3. The van der Waals surface area contributed by atoms with Crippen molar-refractivity contribution in [2.45, 2.75) is 33.8 Å². The number of hydrogen-bond acceptors (Lipinski definition) is 8. The molecule has 0 spiro atoms. The Morgan fingerprint density at radius 2 is 1.76 bits per heavy atom. The molecule has 1 aromatic carbocycles. The normalized spacial score (nSPS) is 10.5. The van der Waals surface area contributed by atoms with Gasteiger partial charge in [0.25, 0.3) is 5.91 Å². The number of hydrogen-bond donors (Lipinski definition) is 1. The molecule has 1 N–H and O–H groups in total. The third kappa shape index (κ3) is 6.23. The summed E-state index contributed by atoms with van der Waals surface area (Å²) in [6.45, 7) is 5.33. The molecule has 0 unspecified atom stereocenters. The van der Waals surface area contributed by atoms with Crippen LogP contribution in [-0.2, 0) is 27.3 Å². The highest BCUT2D eigenvalue weighted by molar-refractivity contribution is 7.17. The van der Waals surface area contributed by atoms with Gasteiger partial charge in [-0.2, -0.15) is 0 Å². The molecule has 0 aliphatic heterocycles. The number of rotatable bonds is 10. The van der Waals surface area contributed by atoms with Gasteiger partial charge >= 0.3 is 11.9 Å². The van der Waals surface area contributed by atoms with Gasteiger partial charge in [0.2, 0.25) is 5.76 Å². The van der Waals surface area contributed by atoms with E-state index in [0.717, 1.165) is 10.4 Å². The molecule has 9 heteroatoms. The van der Waals surface area contributed by atoms with Gasteiger partial charge < -0.3 is 23.9 Å². The van der Waals surface area contributed by atoms with Crippen LogP contribution in [0.2, 0.25) is 0 Å². The van der Waals surface area contributed by atoms with Crippen LogP contribution in [0.1, 0.15) is 51.0 Å². The number of carbonyl (C=O) groups is 3. The van der Waals surface area contributed by atoms with Crippen molar-refractivity contribution in [3.8, 4) is 5.75 Å². The molecule has 0 aliphatic carbocycles. The van der Waals surface area contributed by atoms with Crippen molar-refractivity contribution in [3.05, 3.63) is 70.0 Å². The van der Waals surface area contributed by atoms with Gasteiger partial charge in [-0.3, -0.25) is 4.79 Å². The Bertz CT molecular complexity index is 1120. The van der Waals surface area contributed by atoms with Gasteiger partial charge in [0, 0.05) is 4.88 Å². The lowest BCUT2D eigenvalue weighted by atomic mass is 10.1. The first kappa shape index (κ1) is 24.1. The van der Waals surface area contributed by atoms with Crippen molar-refractivity contribution in [1.82, 2.24) is 0 Å². The van der Waals surface area contributed by atoms with Crippen LogP contribution in [-0.4, -0.2) is 31.1 Å². The van der Waals surface area contributed by atoms with Gasteiger partial charge in [0.15, 0.2) is 6.61 Å². The number of anilines is 1. The molecule has 0 fully saturated rings. The largest absolute Gasteiger partial charge is 0.486 e. The second-order valence-corrected chi connectivity index (χ2v) is 8.03. The van der Waals surface area contributed by atoms with Gasteiger partial charge in [0.05, 0.1) is 12.2 Å². The highest BCUT2D eigenvalue weighted by Crippen LogP contribution is 2.34. The summed E-state index contributed by atoms with van der Waals surface area (Å²) >= 11 is 1.30. The number of ether oxygens (including phenoxy) is 3. The van der Waals surface area contributed by atoms with E-state index in [2.05, 4.69) is 5.32 Å². The number of para-hydroxylation sites is 1. The first-order valence-corrected chi connectivity index (χ1v) is 11.3. The van der Waals surface area contributed by atoms with E-state index < -0.39 is 24.5 Å². The van der Waals surface area contributed by atoms with Crippen molar-refractivity contribution >= 4 is 34.2 Å². The molecule has 0 bridgehead atoms. The molecule has 0 atom stereocenters. The van der Waals surface area contributed by atoms with Gasteiger partial charge in [-0.25, -0.2) is 9.59 Å². The molecule has 2 aromatic heterocycles. The third-order valence-electron chi connectivity index (χ3n) is 4.62. The molecule has 3 rings (SSSR count). The maximum Gasteiger partial charge on any atom is 0.374 e. The number of amides is 1. The van der Waals surface area contributed by atoms with E-state index >= 15 is 0 Å². The number of furan rings is 1. The molecule has 0 saturated heterocycles. The predicted molar refractivity (Wildman–Crippen MR) is 123 cm³/mol.